The normalized spacial score (nSPS) is 6.60. The molecule has 1 radical (unpaired) electrons. The van der Waals surface area contributed by atoms with Gasteiger partial charge >= 0.3 is 23.1 Å². The molecule has 0 aliphatic heterocycles. The molecule has 59 valence electrons. The van der Waals surface area contributed by atoms with E-state index in [1.165, 1.54) is 6.42 Å². The zero-order valence-corrected chi connectivity index (χ0v) is 11.7. The summed E-state index contributed by atoms with van der Waals surface area (Å²) in [6.45, 7) is 12.5. The first kappa shape index (κ1) is 22.5. The first-order valence-electron chi connectivity index (χ1n) is 3.21. The first-order valence-corrected chi connectivity index (χ1v) is 6.21. The van der Waals surface area contributed by atoms with E-state index in [0.29, 0.717) is 0 Å². The van der Waals surface area contributed by atoms with Gasteiger partial charge in [0.25, 0.3) is 0 Å². The topological polar surface area (TPSA) is 0 Å². The van der Waals surface area contributed by atoms with Crippen LogP contribution in [-0.2, 0) is 0 Å². The Kier molecular flexibility index (Phi) is 50.5. The molecule has 0 aliphatic carbocycles. The van der Waals surface area contributed by atoms with Gasteiger partial charge in [-0.15, -0.1) is 0 Å². The summed E-state index contributed by atoms with van der Waals surface area (Å²) in [6.07, 6.45) is 2.28. The van der Waals surface area contributed by atoms with Gasteiger partial charge in [0.2, 0.25) is 0 Å². The molecular formula is C7H18BrMgSi. The molecule has 0 unspecified atom stereocenters. The second-order valence-electron chi connectivity index (χ2n) is 2.35. The Morgan fingerprint density at radius 1 is 1.20 bits per heavy atom. The van der Waals surface area contributed by atoms with E-state index in [1.54, 1.807) is 0 Å². The summed E-state index contributed by atoms with van der Waals surface area (Å²) >= 11 is 0. The van der Waals surface area contributed by atoms with Gasteiger partial charge in [-0.05, 0) is 0 Å². The summed E-state index contributed by atoms with van der Waals surface area (Å²) in [4.78, 5) is 0. The minimum absolute atomic E-state index is 0. The monoisotopic (exact) mass is 233 g/mol. The van der Waals surface area contributed by atoms with E-state index in [2.05, 4.69) is 33.5 Å². The third-order valence-corrected chi connectivity index (χ3v) is 0.354. The minimum Gasteiger partial charge on any atom is -1.00 e. The van der Waals surface area contributed by atoms with Gasteiger partial charge in [0, 0.05) is 8.80 Å². The Labute approximate surface area is 94.7 Å². The fraction of sp³-hybridized carbons (Fsp3) is 0.857. The molecule has 0 amide bonds. The van der Waals surface area contributed by atoms with Crippen LogP contribution in [0.25, 0.3) is 0 Å². The third-order valence-electron chi connectivity index (χ3n) is 0.354. The molecule has 0 saturated carbocycles. The van der Waals surface area contributed by atoms with Crippen LogP contribution in [0.5, 0.6) is 0 Å². The molecule has 0 bridgehead atoms. The van der Waals surface area contributed by atoms with Gasteiger partial charge in [-0.1, -0.05) is 33.0 Å². The number of halogens is 1. The van der Waals surface area contributed by atoms with Crippen LogP contribution in [0, 0.1) is 6.92 Å². The summed E-state index contributed by atoms with van der Waals surface area (Å²) in [6, 6.07) is 0. The SMILES string of the molecule is C[Si](C)C.[Br-].[CH2-]CCC.[Mg+2]. The summed E-state index contributed by atoms with van der Waals surface area (Å²) in [5.74, 6) is 0. The van der Waals surface area contributed by atoms with Crippen molar-refractivity contribution >= 4 is 31.8 Å². The fourth-order valence-electron chi connectivity index (χ4n) is 0. The van der Waals surface area contributed by atoms with Crippen LogP contribution in [0.2, 0.25) is 19.6 Å². The predicted molar refractivity (Wildman–Crippen MR) is 49.4 cm³/mol. The maximum absolute atomic E-state index is 3.60. The molecule has 0 fully saturated rings. The largest absolute Gasteiger partial charge is 2.00 e. The minimum atomic E-state index is 0. The van der Waals surface area contributed by atoms with Crippen molar-refractivity contribution in [3.05, 3.63) is 6.92 Å². The number of unbranched alkanes of at least 4 members (excludes halogenated alkanes) is 1. The summed E-state index contributed by atoms with van der Waals surface area (Å²) in [5.41, 5.74) is 0. The van der Waals surface area contributed by atoms with Crippen LogP contribution in [0.3, 0.4) is 0 Å². The molecule has 0 aromatic carbocycles. The number of hydrogen-bond acceptors (Lipinski definition) is 0. The molecular weight excluding hydrogens is 216 g/mol. The van der Waals surface area contributed by atoms with Crippen molar-refractivity contribution in [2.45, 2.75) is 39.4 Å². The maximum atomic E-state index is 3.60. The van der Waals surface area contributed by atoms with Gasteiger partial charge < -0.3 is 23.9 Å². The van der Waals surface area contributed by atoms with Crippen LogP contribution in [0.1, 0.15) is 19.8 Å². The molecule has 10 heavy (non-hydrogen) atoms. The van der Waals surface area contributed by atoms with Crippen LogP contribution in [0.4, 0.5) is 0 Å². The van der Waals surface area contributed by atoms with Crippen molar-refractivity contribution in [1.82, 2.24) is 0 Å². The van der Waals surface area contributed by atoms with Crippen LogP contribution >= 0.6 is 0 Å². The van der Waals surface area contributed by atoms with Gasteiger partial charge in [0.05, 0.1) is 0 Å². The second-order valence-corrected chi connectivity index (χ2v) is 5.35. The molecule has 0 saturated heterocycles. The van der Waals surface area contributed by atoms with Gasteiger partial charge in [-0.25, -0.2) is 0 Å². The fourth-order valence-corrected chi connectivity index (χ4v) is 0. The van der Waals surface area contributed by atoms with Crippen molar-refractivity contribution in [3.8, 4) is 0 Å². The maximum Gasteiger partial charge on any atom is 2.00 e. The van der Waals surface area contributed by atoms with E-state index in [0.717, 1.165) is 6.42 Å². The standard InChI is InChI=1S/C4H9.C3H9Si.BrH.Mg/c1-3-4-2;1-4(2)3;;/h1,3-4H2,2H3;1-3H3;1H;/q-1;;;+2/p-1. The molecule has 0 nitrogen and oxygen atoms in total. The van der Waals surface area contributed by atoms with Crippen molar-refractivity contribution in [2.75, 3.05) is 0 Å². The molecule has 0 aromatic heterocycles. The van der Waals surface area contributed by atoms with Gasteiger partial charge in [0.1, 0.15) is 0 Å². The van der Waals surface area contributed by atoms with Gasteiger partial charge in [-0.3, -0.25) is 0 Å². The van der Waals surface area contributed by atoms with E-state index in [-0.39, 0.29) is 48.8 Å². The quantitative estimate of drug-likeness (QED) is 0.428. The van der Waals surface area contributed by atoms with E-state index in [4.69, 9.17) is 0 Å². The smallest absolute Gasteiger partial charge is 1.00 e. The van der Waals surface area contributed by atoms with Gasteiger partial charge in [0.15, 0.2) is 0 Å². The number of hydrogen-bond donors (Lipinski definition) is 0. The van der Waals surface area contributed by atoms with E-state index < -0.39 is 0 Å². The Balaban J connectivity index is -0.0000000300. The molecule has 0 aliphatic rings. The summed E-state index contributed by atoms with van der Waals surface area (Å²) in [5, 5.41) is 0. The van der Waals surface area contributed by atoms with Crippen molar-refractivity contribution in [2.24, 2.45) is 0 Å². The first-order chi connectivity index (χ1) is 3.65. The molecule has 0 heterocycles. The average molecular weight is 235 g/mol. The van der Waals surface area contributed by atoms with Crippen molar-refractivity contribution < 1.29 is 17.0 Å². The predicted octanol–water partition coefficient (Wildman–Crippen LogP) is -0.386. The Bertz CT molecular complexity index is 30.0. The van der Waals surface area contributed by atoms with E-state index in [1.807, 2.05) is 0 Å². The molecule has 0 spiro atoms. The Morgan fingerprint density at radius 3 is 1.30 bits per heavy atom. The van der Waals surface area contributed by atoms with Crippen molar-refractivity contribution in [3.63, 3.8) is 0 Å². The summed E-state index contributed by atoms with van der Waals surface area (Å²) in [7, 11) is 0.120. The van der Waals surface area contributed by atoms with Gasteiger partial charge in [-0.2, -0.15) is 6.42 Å². The van der Waals surface area contributed by atoms with Crippen LogP contribution in [0.15, 0.2) is 0 Å². The zero-order valence-electron chi connectivity index (χ0n) is 7.71. The Morgan fingerprint density at radius 2 is 1.30 bits per heavy atom. The van der Waals surface area contributed by atoms with E-state index in [9.17, 15) is 0 Å². The molecule has 0 aromatic rings. The third kappa shape index (κ3) is 112. The van der Waals surface area contributed by atoms with E-state index >= 15 is 0 Å². The number of rotatable bonds is 1. The van der Waals surface area contributed by atoms with Crippen molar-refractivity contribution in [1.29, 1.82) is 0 Å². The zero-order chi connectivity index (χ0) is 6.99. The molecule has 3 heteroatoms. The summed E-state index contributed by atoms with van der Waals surface area (Å²) < 4.78 is 0. The van der Waals surface area contributed by atoms with Crippen LogP contribution < -0.4 is 17.0 Å². The molecule has 0 atom stereocenters. The molecule has 0 rings (SSSR count). The molecule has 0 N–H and O–H groups in total. The van der Waals surface area contributed by atoms with Crippen LogP contribution in [-0.4, -0.2) is 31.8 Å². The Hall–Kier alpha value is 1.46. The average Bonchev–Trinajstić information content (AvgIpc) is 1.65. The second kappa shape index (κ2) is 22.4.